The highest BCUT2D eigenvalue weighted by atomic mass is 127. The smallest absolute Gasteiger partial charge is 0.248 e. The molecule has 0 radical (unpaired) electrons. The van der Waals surface area contributed by atoms with Crippen molar-refractivity contribution in [3.05, 3.63) is 53.2 Å². The molecule has 1 fully saturated rings. The van der Waals surface area contributed by atoms with Crippen LogP contribution in [0.1, 0.15) is 18.9 Å². The van der Waals surface area contributed by atoms with E-state index in [0.29, 0.717) is 11.0 Å². The van der Waals surface area contributed by atoms with Gasteiger partial charge in [-0.3, -0.25) is 4.79 Å². The number of nitrogens with one attached hydrogen (secondary N) is 2. The minimum Gasteiger partial charge on any atom is -0.357 e. The predicted octanol–water partition coefficient (Wildman–Crippen LogP) is 3.08. The Bertz CT molecular complexity index is 940. The zero-order valence-electron chi connectivity index (χ0n) is 17.6. The molecule has 1 saturated heterocycles. The van der Waals surface area contributed by atoms with Gasteiger partial charge in [-0.25, -0.2) is 9.98 Å². The molecule has 0 spiro atoms. The number of aliphatic imine (C=N–C) groups is 1. The van der Waals surface area contributed by atoms with Gasteiger partial charge in [0.2, 0.25) is 5.91 Å². The third-order valence-electron chi connectivity index (χ3n) is 5.47. The number of halogens is 2. The molecule has 31 heavy (non-hydrogen) atoms. The van der Waals surface area contributed by atoms with E-state index in [9.17, 15) is 4.79 Å². The van der Waals surface area contributed by atoms with E-state index in [2.05, 4.69) is 31.6 Å². The Balaban J connectivity index is 0.00000272. The summed E-state index contributed by atoms with van der Waals surface area (Å²) in [6.45, 7) is 5.25. The van der Waals surface area contributed by atoms with Crippen LogP contribution in [0.5, 0.6) is 0 Å². The largest absolute Gasteiger partial charge is 0.357 e. The van der Waals surface area contributed by atoms with Crippen LogP contribution in [-0.4, -0.2) is 55.6 Å². The molecular formula is C22H28ClIN6O. The number of carbonyl (C=O) groups is 1. The summed E-state index contributed by atoms with van der Waals surface area (Å²) < 4.78 is 0. The van der Waals surface area contributed by atoms with Gasteiger partial charge < -0.3 is 20.4 Å². The number of nitrogens with zero attached hydrogens (tertiary/aromatic N) is 4. The van der Waals surface area contributed by atoms with Gasteiger partial charge in [0.15, 0.2) is 5.96 Å². The molecule has 2 aromatic rings. The average molecular weight is 555 g/mol. The molecule has 2 aliphatic heterocycles. The molecule has 1 unspecified atom stereocenters. The van der Waals surface area contributed by atoms with Gasteiger partial charge in [-0.1, -0.05) is 29.8 Å². The fourth-order valence-electron chi connectivity index (χ4n) is 4.02. The molecule has 2 N–H and O–H groups in total. The van der Waals surface area contributed by atoms with E-state index in [-0.39, 0.29) is 42.5 Å². The first-order valence-corrected chi connectivity index (χ1v) is 10.8. The van der Waals surface area contributed by atoms with E-state index in [1.165, 1.54) is 5.56 Å². The fraction of sp³-hybridized carbons (Fsp3) is 0.409. The van der Waals surface area contributed by atoms with Crippen molar-refractivity contribution in [2.75, 3.05) is 42.5 Å². The molecule has 7 nitrogen and oxygen atoms in total. The molecule has 3 heterocycles. The second kappa shape index (κ2) is 11.0. The second-order valence-electron chi connectivity index (χ2n) is 7.50. The van der Waals surface area contributed by atoms with Crippen molar-refractivity contribution in [1.29, 1.82) is 0 Å². The van der Waals surface area contributed by atoms with Gasteiger partial charge >= 0.3 is 0 Å². The highest BCUT2D eigenvalue weighted by Crippen LogP contribution is 2.27. The summed E-state index contributed by atoms with van der Waals surface area (Å²) in [5.74, 6) is 1.50. The van der Waals surface area contributed by atoms with E-state index in [1.54, 1.807) is 6.20 Å². The SMILES string of the molecule is CCNC(=NCC(=O)N1CCc2ccccc21)NC1CCN(c2ncccc2Cl)C1.I. The Morgan fingerprint density at radius 3 is 2.90 bits per heavy atom. The highest BCUT2D eigenvalue weighted by molar-refractivity contribution is 14.0. The van der Waals surface area contributed by atoms with Crippen molar-refractivity contribution in [3.63, 3.8) is 0 Å². The number of rotatable bonds is 5. The summed E-state index contributed by atoms with van der Waals surface area (Å²) in [5.41, 5.74) is 2.23. The van der Waals surface area contributed by atoms with Crippen LogP contribution in [0.2, 0.25) is 5.02 Å². The molecule has 2 aliphatic rings. The number of anilines is 2. The zero-order valence-corrected chi connectivity index (χ0v) is 20.6. The van der Waals surface area contributed by atoms with Crippen LogP contribution in [0.15, 0.2) is 47.6 Å². The highest BCUT2D eigenvalue weighted by Gasteiger charge is 2.26. The minimum atomic E-state index is 0. The Kier molecular flexibility index (Phi) is 8.36. The Hall–Kier alpha value is -2.07. The van der Waals surface area contributed by atoms with Gasteiger partial charge in [-0.05, 0) is 43.5 Å². The summed E-state index contributed by atoms with van der Waals surface area (Å²) in [4.78, 5) is 25.7. The number of aromatic nitrogens is 1. The average Bonchev–Trinajstić information content (AvgIpc) is 3.39. The number of amides is 1. The summed E-state index contributed by atoms with van der Waals surface area (Å²) in [7, 11) is 0. The van der Waals surface area contributed by atoms with Crippen molar-refractivity contribution in [2.24, 2.45) is 4.99 Å². The fourth-order valence-corrected chi connectivity index (χ4v) is 4.26. The van der Waals surface area contributed by atoms with Crippen LogP contribution in [0.4, 0.5) is 11.5 Å². The molecule has 0 saturated carbocycles. The second-order valence-corrected chi connectivity index (χ2v) is 7.91. The zero-order chi connectivity index (χ0) is 20.9. The number of hydrogen-bond acceptors (Lipinski definition) is 4. The first-order chi connectivity index (χ1) is 14.7. The van der Waals surface area contributed by atoms with Gasteiger partial charge in [0.1, 0.15) is 12.4 Å². The molecule has 1 aromatic heterocycles. The lowest BCUT2D eigenvalue weighted by Gasteiger charge is -2.20. The van der Waals surface area contributed by atoms with E-state index >= 15 is 0 Å². The monoisotopic (exact) mass is 554 g/mol. The lowest BCUT2D eigenvalue weighted by atomic mass is 10.2. The molecule has 1 atom stereocenters. The van der Waals surface area contributed by atoms with Gasteiger partial charge in [0.25, 0.3) is 0 Å². The number of carbonyl (C=O) groups excluding carboxylic acids is 1. The van der Waals surface area contributed by atoms with E-state index in [1.807, 2.05) is 42.2 Å². The quantitative estimate of drug-likeness (QED) is 0.338. The van der Waals surface area contributed by atoms with Crippen LogP contribution in [0.25, 0.3) is 0 Å². The molecule has 0 bridgehead atoms. The lowest BCUT2D eigenvalue weighted by Crippen LogP contribution is -2.45. The predicted molar refractivity (Wildman–Crippen MR) is 137 cm³/mol. The van der Waals surface area contributed by atoms with E-state index in [4.69, 9.17) is 11.6 Å². The number of guanidine groups is 1. The lowest BCUT2D eigenvalue weighted by molar-refractivity contribution is -0.117. The summed E-state index contributed by atoms with van der Waals surface area (Å²) in [5, 5.41) is 7.37. The molecular weight excluding hydrogens is 527 g/mol. The van der Waals surface area contributed by atoms with Crippen molar-refractivity contribution >= 4 is 58.9 Å². The van der Waals surface area contributed by atoms with Crippen LogP contribution < -0.4 is 20.4 Å². The molecule has 166 valence electrons. The summed E-state index contributed by atoms with van der Waals surface area (Å²) >= 11 is 6.29. The summed E-state index contributed by atoms with van der Waals surface area (Å²) in [6, 6.07) is 12.0. The summed E-state index contributed by atoms with van der Waals surface area (Å²) in [6.07, 6.45) is 3.61. The van der Waals surface area contributed by atoms with Crippen molar-refractivity contribution in [1.82, 2.24) is 15.6 Å². The number of hydrogen-bond donors (Lipinski definition) is 2. The molecule has 1 aromatic carbocycles. The normalized spacial score (nSPS) is 17.9. The molecule has 1 amide bonds. The number of benzene rings is 1. The minimum absolute atomic E-state index is 0. The molecule has 9 heteroatoms. The van der Waals surface area contributed by atoms with Crippen molar-refractivity contribution < 1.29 is 4.79 Å². The maximum atomic E-state index is 12.8. The van der Waals surface area contributed by atoms with Crippen molar-refractivity contribution in [3.8, 4) is 0 Å². The van der Waals surface area contributed by atoms with Gasteiger partial charge in [-0.15, -0.1) is 24.0 Å². The van der Waals surface area contributed by atoms with Gasteiger partial charge in [0, 0.05) is 44.1 Å². The Morgan fingerprint density at radius 1 is 1.26 bits per heavy atom. The Labute approximate surface area is 205 Å². The van der Waals surface area contributed by atoms with Crippen LogP contribution in [0.3, 0.4) is 0 Å². The number of pyridine rings is 1. The maximum absolute atomic E-state index is 12.8. The van der Waals surface area contributed by atoms with E-state index < -0.39 is 0 Å². The first kappa shape index (κ1) is 23.6. The molecule has 4 rings (SSSR count). The first-order valence-electron chi connectivity index (χ1n) is 10.4. The van der Waals surface area contributed by atoms with Crippen LogP contribution >= 0.6 is 35.6 Å². The molecule has 0 aliphatic carbocycles. The number of para-hydroxylation sites is 1. The standard InChI is InChI=1S/C22H27ClN6O.HI/c1-2-24-22(26-14-20(30)29-13-9-16-6-3-4-8-19(16)29)27-17-10-12-28(15-17)21-18(23)7-5-11-25-21;/h3-8,11,17H,2,9-10,12-15H2,1H3,(H2,24,26,27);1H. The van der Waals surface area contributed by atoms with Gasteiger partial charge in [0.05, 0.1) is 5.02 Å². The van der Waals surface area contributed by atoms with Crippen LogP contribution in [-0.2, 0) is 11.2 Å². The Morgan fingerprint density at radius 2 is 2.10 bits per heavy atom. The topological polar surface area (TPSA) is 72.9 Å². The van der Waals surface area contributed by atoms with Crippen LogP contribution in [0, 0.1) is 0 Å². The number of fused-ring (bicyclic) bond motifs is 1. The third-order valence-corrected chi connectivity index (χ3v) is 5.77. The van der Waals surface area contributed by atoms with Crippen molar-refractivity contribution in [2.45, 2.75) is 25.8 Å². The van der Waals surface area contributed by atoms with E-state index in [0.717, 1.165) is 50.5 Å². The van der Waals surface area contributed by atoms with Gasteiger partial charge in [-0.2, -0.15) is 0 Å². The third kappa shape index (κ3) is 5.60. The maximum Gasteiger partial charge on any atom is 0.248 e.